The van der Waals surface area contributed by atoms with Gasteiger partial charge in [-0.3, -0.25) is 10.1 Å². The van der Waals surface area contributed by atoms with Gasteiger partial charge in [-0.05, 0) is 56.4 Å². The molecule has 1 fully saturated rings. The lowest BCUT2D eigenvalue weighted by Crippen LogP contribution is -2.56. The van der Waals surface area contributed by atoms with Crippen molar-refractivity contribution in [2.24, 2.45) is 4.99 Å². The van der Waals surface area contributed by atoms with E-state index in [1.54, 1.807) is 17.0 Å². The zero-order valence-electron chi connectivity index (χ0n) is 23.2. The summed E-state index contributed by atoms with van der Waals surface area (Å²) in [6.07, 6.45) is -5.59. The third kappa shape index (κ3) is 8.00. The van der Waals surface area contributed by atoms with Gasteiger partial charge in [0.1, 0.15) is 12.4 Å². The maximum absolute atomic E-state index is 13.2. The highest BCUT2D eigenvalue weighted by Crippen LogP contribution is 2.31. The number of aryl methyl sites for hydroxylation is 2. The van der Waals surface area contributed by atoms with E-state index in [0.29, 0.717) is 49.6 Å². The first-order valence-electron chi connectivity index (χ1n) is 13.3. The highest BCUT2D eigenvalue weighted by Gasteiger charge is 2.34. The van der Waals surface area contributed by atoms with Crippen molar-refractivity contribution in [1.82, 2.24) is 19.8 Å². The van der Waals surface area contributed by atoms with Crippen LogP contribution in [0.2, 0.25) is 0 Å². The molecule has 0 saturated carbocycles. The van der Waals surface area contributed by atoms with E-state index in [4.69, 9.17) is 21.7 Å². The topological polar surface area (TPSA) is 113 Å². The molecule has 5 rings (SSSR count). The number of aromatic nitrogens is 2. The molecule has 0 radical (unpaired) electrons. The molecule has 1 saturated heterocycles. The second-order valence-electron chi connectivity index (χ2n) is 9.72. The number of rotatable bonds is 4. The lowest BCUT2D eigenvalue weighted by Gasteiger charge is -2.38. The van der Waals surface area contributed by atoms with E-state index in [1.807, 2.05) is 36.9 Å². The van der Waals surface area contributed by atoms with E-state index in [1.165, 1.54) is 18.2 Å². The van der Waals surface area contributed by atoms with Crippen molar-refractivity contribution in [3.63, 3.8) is 0 Å². The number of benzene rings is 2. The fourth-order valence-corrected chi connectivity index (χ4v) is 4.77. The molecule has 226 valence electrons. The van der Waals surface area contributed by atoms with Crippen LogP contribution in [-0.2, 0) is 4.79 Å². The standard InChI is InChI=1S/C28H28F3N7O4S/c1-17-14-18(2)33-25(32-17)35-26(36-27(43)34-19-6-5-7-20(15-19)42-28(29,30)31)38-12-10-37(11-13-38)24(39)23-16-40-21-8-3-4-9-22(21)41-23/h3-9,14-15,23H,10-13,16H2,1-2H3,(H2,32,33,34,35,36,43). The van der Waals surface area contributed by atoms with Crippen molar-refractivity contribution < 1.29 is 32.2 Å². The summed E-state index contributed by atoms with van der Waals surface area (Å²) in [7, 11) is 0. The zero-order chi connectivity index (χ0) is 30.6. The summed E-state index contributed by atoms with van der Waals surface area (Å²) in [6, 6.07) is 14.3. The van der Waals surface area contributed by atoms with E-state index in [9.17, 15) is 18.0 Å². The van der Waals surface area contributed by atoms with Crippen LogP contribution < -0.4 is 24.8 Å². The molecular formula is C28H28F3N7O4S. The van der Waals surface area contributed by atoms with Crippen LogP contribution in [0.15, 0.2) is 59.6 Å². The summed E-state index contributed by atoms with van der Waals surface area (Å²) in [5.74, 6) is 1.14. The number of thiocarbonyl (C=S) groups is 1. The van der Waals surface area contributed by atoms with Crippen LogP contribution in [0.4, 0.5) is 24.8 Å². The number of fused-ring (bicyclic) bond motifs is 1. The van der Waals surface area contributed by atoms with Gasteiger partial charge in [-0.15, -0.1) is 13.2 Å². The van der Waals surface area contributed by atoms with E-state index in [-0.39, 0.29) is 23.3 Å². The van der Waals surface area contributed by atoms with Crippen LogP contribution in [0.1, 0.15) is 11.4 Å². The van der Waals surface area contributed by atoms with Gasteiger partial charge in [0.2, 0.25) is 23.1 Å². The van der Waals surface area contributed by atoms with Gasteiger partial charge in [-0.2, -0.15) is 4.99 Å². The number of piperazine rings is 1. The largest absolute Gasteiger partial charge is 0.573 e. The Balaban J connectivity index is 1.28. The van der Waals surface area contributed by atoms with Gasteiger partial charge >= 0.3 is 6.36 Å². The predicted molar refractivity (Wildman–Crippen MR) is 156 cm³/mol. The van der Waals surface area contributed by atoms with Crippen molar-refractivity contribution in [2.75, 3.05) is 43.4 Å². The van der Waals surface area contributed by atoms with Crippen LogP contribution in [0, 0.1) is 13.8 Å². The molecule has 0 bridgehead atoms. The van der Waals surface area contributed by atoms with E-state index < -0.39 is 18.2 Å². The monoisotopic (exact) mass is 615 g/mol. The molecule has 43 heavy (non-hydrogen) atoms. The molecule has 3 heterocycles. The average molecular weight is 616 g/mol. The number of anilines is 2. The summed E-state index contributed by atoms with van der Waals surface area (Å²) < 4.78 is 53.6. The molecule has 1 unspecified atom stereocenters. The third-order valence-corrected chi connectivity index (χ3v) is 6.60. The van der Waals surface area contributed by atoms with Crippen molar-refractivity contribution in [3.05, 3.63) is 66.0 Å². The van der Waals surface area contributed by atoms with Crippen molar-refractivity contribution in [3.8, 4) is 17.2 Å². The fourth-order valence-electron chi connectivity index (χ4n) is 4.56. The Bertz CT molecular complexity index is 1510. The second kappa shape index (κ2) is 12.7. The normalized spacial score (nSPS) is 16.9. The Kier molecular flexibility index (Phi) is 8.80. The zero-order valence-corrected chi connectivity index (χ0v) is 24.0. The SMILES string of the molecule is Cc1cc(C)nc(N/C(=N/C(=S)Nc2cccc(OC(F)(F)F)c2)N2CCN(C(=O)C3COc4ccccc4O3)CC2)n1. The quantitative estimate of drug-likeness (QED) is 0.252. The number of guanidine groups is 1. The van der Waals surface area contributed by atoms with Crippen LogP contribution in [0.5, 0.6) is 17.2 Å². The number of halogens is 3. The minimum Gasteiger partial charge on any atom is -0.485 e. The summed E-state index contributed by atoms with van der Waals surface area (Å²) in [5, 5.41) is 5.90. The summed E-state index contributed by atoms with van der Waals surface area (Å²) >= 11 is 5.42. The van der Waals surface area contributed by atoms with Gasteiger partial charge < -0.3 is 29.3 Å². The van der Waals surface area contributed by atoms with Crippen molar-refractivity contribution in [1.29, 1.82) is 0 Å². The second-order valence-corrected chi connectivity index (χ2v) is 10.1. The van der Waals surface area contributed by atoms with Gasteiger partial charge in [0.05, 0.1) is 0 Å². The Morgan fingerprint density at radius 3 is 2.35 bits per heavy atom. The minimum atomic E-state index is -4.83. The van der Waals surface area contributed by atoms with Crippen molar-refractivity contribution >= 4 is 40.8 Å². The van der Waals surface area contributed by atoms with Crippen LogP contribution >= 0.6 is 12.2 Å². The molecule has 0 spiro atoms. The first kappa shape index (κ1) is 29.8. The average Bonchev–Trinajstić information content (AvgIpc) is 2.95. The summed E-state index contributed by atoms with van der Waals surface area (Å²) in [6.45, 7) is 5.30. The molecule has 1 atom stereocenters. The molecular weight excluding hydrogens is 587 g/mol. The Morgan fingerprint density at radius 1 is 0.977 bits per heavy atom. The highest BCUT2D eigenvalue weighted by atomic mass is 32.1. The van der Waals surface area contributed by atoms with E-state index in [2.05, 4.69) is 30.3 Å². The maximum Gasteiger partial charge on any atom is 0.573 e. The number of alkyl halides is 3. The van der Waals surface area contributed by atoms with Gasteiger partial charge in [-0.1, -0.05) is 18.2 Å². The number of ether oxygens (including phenoxy) is 3. The Hall–Kier alpha value is -4.66. The number of carbonyl (C=O) groups excluding carboxylic acids is 1. The lowest BCUT2D eigenvalue weighted by atomic mass is 10.2. The summed E-state index contributed by atoms with van der Waals surface area (Å²) in [5.41, 5.74) is 1.73. The fraction of sp³-hybridized carbons (Fsp3) is 0.321. The Morgan fingerprint density at radius 2 is 1.65 bits per heavy atom. The van der Waals surface area contributed by atoms with Crippen LogP contribution in [0.3, 0.4) is 0 Å². The molecule has 2 N–H and O–H groups in total. The first-order valence-corrected chi connectivity index (χ1v) is 13.7. The van der Waals surface area contributed by atoms with Gasteiger partial charge in [-0.25, -0.2) is 9.97 Å². The smallest absolute Gasteiger partial charge is 0.485 e. The first-order chi connectivity index (χ1) is 20.5. The van der Waals surface area contributed by atoms with Crippen LogP contribution in [-0.4, -0.2) is 82.0 Å². The molecule has 2 aliphatic heterocycles. The Labute approximate surface area is 250 Å². The van der Waals surface area contributed by atoms with Gasteiger partial charge in [0, 0.05) is 49.3 Å². The number of amides is 1. The molecule has 3 aromatic rings. The number of nitrogens with zero attached hydrogens (tertiary/aromatic N) is 5. The summed E-state index contributed by atoms with van der Waals surface area (Å²) in [4.78, 5) is 30.1. The predicted octanol–water partition coefficient (Wildman–Crippen LogP) is 4.14. The lowest BCUT2D eigenvalue weighted by molar-refractivity contribution is -0.274. The number of aliphatic imine (C=N–C) groups is 1. The van der Waals surface area contributed by atoms with Gasteiger partial charge in [0.25, 0.3) is 5.91 Å². The number of hydrogen-bond acceptors (Lipinski definition) is 7. The molecule has 1 amide bonds. The van der Waals surface area contributed by atoms with Crippen LogP contribution in [0.25, 0.3) is 0 Å². The van der Waals surface area contributed by atoms with Gasteiger partial charge in [0.15, 0.2) is 11.5 Å². The number of carbonyl (C=O) groups is 1. The number of nitrogens with one attached hydrogen (secondary N) is 2. The molecule has 15 heteroatoms. The molecule has 2 aromatic carbocycles. The van der Waals surface area contributed by atoms with E-state index >= 15 is 0 Å². The molecule has 2 aliphatic rings. The number of hydrogen-bond donors (Lipinski definition) is 2. The molecule has 11 nitrogen and oxygen atoms in total. The molecule has 0 aliphatic carbocycles. The molecule has 1 aromatic heterocycles. The van der Waals surface area contributed by atoms with Crippen molar-refractivity contribution in [2.45, 2.75) is 26.3 Å². The van der Waals surface area contributed by atoms with E-state index in [0.717, 1.165) is 17.5 Å². The third-order valence-electron chi connectivity index (χ3n) is 6.41. The highest BCUT2D eigenvalue weighted by molar-refractivity contribution is 7.80. The number of para-hydroxylation sites is 2. The minimum absolute atomic E-state index is 0.0269. The maximum atomic E-state index is 13.2.